The van der Waals surface area contributed by atoms with Crippen molar-refractivity contribution in [1.82, 2.24) is 20.1 Å². The summed E-state index contributed by atoms with van der Waals surface area (Å²) in [4.78, 5) is 10.5. The van der Waals surface area contributed by atoms with Gasteiger partial charge in [-0.2, -0.15) is 0 Å². The Hall–Kier alpha value is -1.69. The maximum Gasteiger partial charge on any atom is 0.330 e. The summed E-state index contributed by atoms with van der Waals surface area (Å²) in [6.45, 7) is 4.01. The SMILES string of the molecule is C/C(=C/CNC(C)c1nncn1C)C(=O)O. The highest BCUT2D eigenvalue weighted by molar-refractivity contribution is 5.85. The predicted molar refractivity (Wildman–Crippen MR) is 58.8 cm³/mol. The zero-order chi connectivity index (χ0) is 12.1. The van der Waals surface area contributed by atoms with Crippen molar-refractivity contribution in [2.75, 3.05) is 6.54 Å². The number of carboxylic acid groups (broad SMARTS) is 1. The molecule has 2 N–H and O–H groups in total. The van der Waals surface area contributed by atoms with Crippen molar-refractivity contribution < 1.29 is 9.90 Å². The molecule has 0 aliphatic carbocycles. The van der Waals surface area contributed by atoms with Crippen molar-refractivity contribution in [2.24, 2.45) is 7.05 Å². The van der Waals surface area contributed by atoms with Gasteiger partial charge in [-0.25, -0.2) is 4.79 Å². The number of carbonyl (C=O) groups is 1. The normalized spacial score (nSPS) is 13.8. The van der Waals surface area contributed by atoms with E-state index in [4.69, 9.17) is 5.11 Å². The van der Waals surface area contributed by atoms with Crippen LogP contribution in [-0.4, -0.2) is 32.4 Å². The number of carboxylic acids is 1. The Balaban J connectivity index is 2.48. The van der Waals surface area contributed by atoms with Crippen LogP contribution in [0.1, 0.15) is 25.7 Å². The number of aryl methyl sites for hydroxylation is 1. The molecule has 1 rings (SSSR count). The summed E-state index contributed by atoms with van der Waals surface area (Å²) in [5.74, 6) is -0.0745. The van der Waals surface area contributed by atoms with E-state index in [2.05, 4.69) is 15.5 Å². The first-order valence-corrected chi connectivity index (χ1v) is 4.99. The lowest BCUT2D eigenvalue weighted by Crippen LogP contribution is -2.22. The minimum absolute atomic E-state index is 0.0327. The topological polar surface area (TPSA) is 80.0 Å². The summed E-state index contributed by atoms with van der Waals surface area (Å²) in [7, 11) is 1.87. The van der Waals surface area contributed by atoms with E-state index < -0.39 is 5.97 Å². The number of nitrogens with zero attached hydrogens (tertiary/aromatic N) is 3. The molecule has 0 amide bonds. The Labute approximate surface area is 94.0 Å². The minimum Gasteiger partial charge on any atom is -0.478 e. The molecule has 0 spiro atoms. The molecule has 1 aromatic rings. The van der Waals surface area contributed by atoms with Crippen molar-refractivity contribution in [3.05, 3.63) is 23.8 Å². The molecule has 88 valence electrons. The molecule has 1 aromatic heterocycles. The Kier molecular flexibility index (Phi) is 4.19. The third kappa shape index (κ3) is 3.16. The molecule has 6 nitrogen and oxygen atoms in total. The molecule has 0 saturated carbocycles. The Morgan fingerprint density at radius 3 is 2.94 bits per heavy atom. The average Bonchev–Trinajstić information content (AvgIpc) is 2.64. The fraction of sp³-hybridized carbons (Fsp3) is 0.500. The standard InChI is InChI=1S/C10H16N4O2/c1-7(10(15)16)4-5-11-8(2)9-13-12-6-14(9)3/h4,6,8,11H,5H2,1-3H3,(H,15,16)/b7-4-. The number of nitrogens with one attached hydrogen (secondary N) is 1. The van der Waals surface area contributed by atoms with Crippen LogP contribution < -0.4 is 5.32 Å². The second-order valence-electron chi connectivity index (χ2n) is 3.62. The largest absolute Gasteiger partial charge is 0.478 e. The highest BCUT2D eigenvalue weighted by atomic mass is 16.4. The van der Waals surface area contributed by atoms with Crippen LogP contribution in [0.3, 0.4) is 0 Å². The quantitative estimate of drug-likeness (QED) is 0.712. The molecule has 0 aliphatic heterocycles. The molecule has 1 heterocycles. The van der Waals surface area contributed by atoms with E-state index in [1.165, 1.54) is 0 Å². The summed E-state index contributed by atoms with van der Waals surface area (Å²) in [5.41, 5.74) is 0.331. The second-order valence-corrected chi connectivity index (χ2v) is 3.62. The van der Waals surface area contributed by atoms with Crippen LogP contribution in [-0.2, 0) is 11.8 Å². The fourth-order valence-electron chi connectivity index (χ4n) is 1.25. The van der Waals surface area contributed by atoms with Crippen LogP contribution in [0.4, 0.5) is 0 Å². The molecule has 0 aliphatic rings. The molecule has 0 aromatic carbocycles. The molecule has 0 saturated heterocycles. The predicted octanol–water partition coefficient (Wildman–Crippen LogP) is 0.497. The summed E-state index contributed by atoms with van der Waals surface area (Å²) in [6.07, 6.45) is 3.26. The van der Waals surface area contributed by atoms with E-state index in [1.807, 2.05) is 18.5 Å². The van der Waals surface area contributed by atoms with Gasteiger partial charge in [-0.3, -0.25) is 0 Å². The van der Waals surface area contributed by atoms with E-state index in [9.17, 15) is 4.79 Å². The van der Waals surface area contributed by atoms with Gasteiger partial charge in [-0.15, -0.1) is 10.2 Å². The van der Waals surface area contributed by atoms with Crippen LogP contribution in [0, 0.1) is 0 Å². The molecule has 0 bridgehead atoms. The van der Waals surface area contributed by atoms with Gasteiger partial charge in [-0.05, 0) is 13.8 Å². The van der Waals surface area contributed by atoms with Gasteiger partial charge >= 0.3 is 5.97 Å². The van der Waals surface area contributed by atoms with Crippen LogP contribution in [0.2, 0.25) is 0 Å². The average molecular weight is 224 g/mol. The lowest BCUT2D eigenvalue weighted by atomic mass is 10.2. The first kappa shape index (κ1) is 12.4. The Morgan fingerprint density at radius 2 is 2.44 bits per heavy atom. The second kappa shape index (κ2) is 5.41. The highest BCUT2D eigenvalue weighted by Gasteiger charge is 2.09. The van der Waals surface area contributed by atoms with Crippen LogP contribution >= 0.6 is 0 Å². The third-order valence-corrected chi connectivity index (χ3v) is 2.30. The molecule has 0 radical (unpaired) electrons. The van der Waals surface area contributed by atoms with E-state index in [0.717, 1.165) is 5.82 Å². The number of hydrogen-bond acceptors (Lipinski definition) is 4. The van der Waals surface area contributed by atoms with Gasteiger partial charge < -0.3 is 15.0 Å². The third-order valence-electron chi connectivity index (χ3n) is 2.30. The van der Waals surface area contributed by atoms with Crippen molar-refractivity contribution in [1.29, 1.82) is 0 Å². The number of rotatable bonds is 5. The minimum atomic E-state index is -0.895. The lowest BCUT2D eigenvalue weighted by molar-refractivity contribution is -0.132. The number of aliphatic carboxylic acids is 1. The molecule has 16 heavy (non-hydrogen) atoms. The summed E-state index contributed by atoms with van der Waals surface area (Å²) < 4.78 is 1.82. The Bertz CT molecular complexity index is 397. The first-order valence-electron chi connectivity index (χ1n) is 4.99. The van der Waals surface area contributed by atoms with E-state index in [0.29, 0.717) is 12.1 Å². The zero-order valence-corrected chi connectivity index (χ0v) is 9.64. The van der Waals surface area contributed by atoms with E-state index >= 15 is 0 Å². The smallest absolute Gasteiger partial charge is 0.330 e. The molecular formula is C10H16N4O2. The van der Waals surface area contributed by atoms with Gasteiger partial charge in [0.05, 0.1) is 6.04 Å². The van der Waals surface area contributed by atoms with Gasteiger partial charge in [0, 0.05) is 19.2 Å². The van der Waals surface area contributed by atoms with E-state index in [-0.39, 0.29) is 6.04 Å². The van der Waals surface area contributed by atoms with Gasteiger partial charge in [0.1, 0.15) is 12.2 Å². The van der Waals surface area contributed by atoms with E-state index in [1.54, 1.807) is 19.3 Å². The van der Waals surface area contributed by atoms with Crippen LogP contribution in [0.25, 0.3) is 0 Å². The van der Waals surface area contributed by atoms with Gasteiger partial charge in [-0.1, -0.05) is 6.08 Å². The van der Waals surface area contributed by atoms with Gasteiger partial charge in [0.2, 0.25) is 0 Å². The fourth-order valence-corrected chi connectivity index (χ4v) is 1.25. The van der Waals surface area contributed by atoms with Gasteiger partial charge in [0.15, 0.2) is 0 Å². The molecule has 6 heteroatoms. The molecule has 1 unspecified atom stereocenters. The molecule has 0 fully saturated rings. The monoisotopic (exact) mass is 224 g/mol. The van der Waals surface area contributed by atoms with Crippen LogP contribution in [0.5, 0.6) is 0 Å². The summed E-state index contributed by atoms with van der Waals surface area (Å²) in [6, 6.07) is 0.0327. The zero-order valence-electron chi connectivity index (χ0n) is 9.64. The number of aromatic nitrogens is 3. The van der Waals surface area contributed by atoms with Crippen molar-refractivity contribution in [3.8, 4) is 0 Å². The molecule has 1 atom stereocenters. The highest BCUT2D eigenvalue weighted by Crippen LogP contribution is 2.06. The maximum absolute atomic E-state index is 10.5. The van der Waals surface area contributed by atoms with Crippen molar-refractivity contribution >= 4 is 5.97 Å². The van der Waals surface area contributed by atoms with Crippen molar-refractivity contribution in [3.63, 3.8) is 0 Å². The summed E-state index contributed by atoms with van der Waals surface area (Å²) in [5, 5.41) is 19.5. The summed E-state index contributed by atoms with van der Waals surface area (Å²) >= 11 is 0. The van der Waals surface area contributed by atoms with Crippen LogP contribution in [0.15, 0.2) is 18.0 Å². The van der Waals surface area contributed by atoms with Gasteiger partial charge in [0.25, 0.3) is 0 Å². The lowest BCUT2D eigenvalue weighted by Gasteiger charge is -2.11. The first-order chi connectivity index (χ1) is 7.52. The Morgan fingerprint density at radius 1 is 1.75 bits per heavy atom. The maximum atomic E-state index is 10.5. The van der Waals surface area contributed by atoms with Crippen molar-refractivity contribution in [2.45, 2.75) is 19.9 Å². The molecular weight excluding hydrogens is 208 g/mol. The number of hydrogen-bond donors (Lipinski definition) is 2.